The number of nitrogens with one attached hydrogen (secondary N) is 1. The standard InChI is InChI=1S/C27H23NO6/c1-17-6-4-7-19(14-17)33-13-5-10-25(30)34-16-24(29)28-18-11-12-22-23(15-18)27(32)21-9-3-2-8-20(21)26(22)31/h2-4,6-9,11-12,14-15H,5,10,13,16H2,1H3,(H,28,29). The van der Waals surface area contributed by atoms with Crippen LogP contribution in [0.2, 0.25) is 0 Å². The number of hydrogen-bond donors (Lipinski definition) is 1. The molecule has 7 nitrogen and oxygen atoms in total. The number of ether oxygens (including phenoxy) is 2. The van der Waals surface area contributed by atoms with Crippen molar-refractivity contribution in [3.8, 4) is 5.75 Å². The minimum atomic E-state index is -0.542. The third kappa shape index (κ3) is 5.20. The summed E-state index contributed by atoms with van der Waals surface area (Å²) in [5.74, 6) is -0.824. The number of ketones is 2. The predicted molar refractivity (Wildman–Crippen MR) is 125 cm³/mol. The summed E-state index contributed by atoms with van der Waals surface area (Å²) in [5.41, 5.74) is 2.65. The van der Waals surface area contributed by atoms with Crippen LogP contribution in [0.4, 0.5) is 5.69 Å². The molecule has 172 valence electrons. The lowest BCUT2D eigenvalue weighted by atomic mass is 9.84. The van der Waals surface area contributed by atoms with Gasteiger partial charge in [-0.3, -0.25) is 19.2 Å². The highest BCUT2D eigenvalue weighted by Crippen LogP contribution is 2.29. The lowest BCUT2D eigenvalue weighted by Crippen LogP contribution is -2.23. The van der Waals surface area contributed by atoms with Gasteiger partial charge in [0.05, 0.1) is 6.61 Å². The summed E-state index contributed by atoms with van der Waals surface area (Å²) in [6.07, 6.45) is 0.574. The van der Waals surface area contributed by atoms with E-state index >= 15 is 0 Å². The van der Waals surface area contributed by atoms with E-state index < -0.39 is 18.5 Å². The van der Waals surface area contributed by atoms with Crippen molar-refractivity contribution in [2.24, 2.45) is 0 Å². The Hall–Kier alpha value is -4.26. The van der Waals surface area contributed by atoms with Crippen molar-refractivity contribution < 1.29 is 28.7 Å². The van der Waals surface area contributed by atoms with Gasteiger partial charge >= 0.3 is 5.97 Å². The minimum absolute atomic E-state index is 0.119. The summed E-state index contributed by atoms with van der Waals surface area (Å²) in [6, 6.07) is 18.8. The van der Waals surface area contributed by atoms with Crippen LogP contribution in [0.3, 0.4) is 0 Å². The third-order valence-electron chi connectivity index (χ3n) is 5.36. The molecule has 0 atom stereocenters. The molecule has 1 N–H and O–H groups in total. The molecular formula is C27H23NO6. The monoisotopic (exact) mass is 457 g/mol. The summed E-state index contributed by atoms with van der Waals surface area (Å²) in [7, 11) is 0. The Morgan fingerprint density at radius 1 is 0.824 bits per heavy atom. The zero-order valence-electron chi connectivity index (χ0n) is 18.6. The fourth-order valence-corrected chi connectivity index (χ4v) is 3.70. The Morgan fingerprint density at radius 2 is 1.53 bits per heavy atom. The predicted octanol–water partition coefficient (Wildman–Crippen LogP) is 4.11. The third-order valence-corrected chi connectivity index (χ3v) is 5.36. The van der Waals surface area contributed by atoms with Crippen molar-refractivity contribution >= 4 is 29.1 Å². The zero-order valence-corrected chi connectivity index (χ0v) is 18.6. The van der Waals surface area contributed by atoms with Crippen molar-refractivity contribution in [3.05, 3.63) is 94.5 Å². The zero-order chi connectivity index (χ0) is 24.1. The van der Waals surface area contributed by atoms with Gasteiger partial charge in [-0.05, 0) is 49.2 Å². The minimum Gasteiger partial charge on any atom is -0.494 e. The topological polar surface area (TPSA) is 98.8 Å². The van der Waals surface area contributed by atoms with E-state index in [-0.39, 0.29) is 23.6 Å². The Balaban J connectivity index is 1.25. The van der Waals surface area contributed by atoms with E-state index in [1.165, 1.54) is 12.1 Å². The molecular weight excluding hydrogens is 434 g/mol. The van der Waals surface area contributed by atoms with Crippen LogP contribution in [0.1, 0.15) is 50.2 Å². The van der Waals surface area contributed by atoms with Crippen molar-refractivity contribution in [1.29, 1.82) is 0 Å². The van der Waals surface area contributed by atoms with E-state index in [1.807, 2.05) is 31.2 Å². The molecule has 1 aliphatic carbocycles. The fraction of sp³-hybridized carbons (Fsp3) is 0.185. The molecule has 0 aliphatic heterocycles. The molecule has 3 aromatic rings. The van der Waals surface area contributed by atoms with Crippen LogP contribution < -0.4 is 10.1 Å². The second-order valence-electron chi connectivity index (χ2n) is 7.94. The summed E-state index contributed by atoms with van der Waals surface area (Å²) < 4.78 is 10.6. The van der Waals surface area contributed by atoms with E-state index in [4.69, 9.17) is 9.47 Å². The van der Waals surface area contributed by atoms with Gasteiger partial charge in [-0.2, -0.15) is 0 Å². The van der Waals surface area contributed by atoms with Gasteiger partial charge in [0.15, 0.2) is 18.2 Å². The normalized spacial score (nSPS) is 11.9. The summed E-state index contributed by atoms with van der Waals surface area (Å²) in [6.45, 7) is 1.87. The Morgan fingerprint density at radius 3 is 2.26 bits per heavy atom. The van der Waals surface area contributed by atoms with E-state index in [0.29, 0.717) is 35.4 Å². The van der Waals surface area contributed by atoms with Crippen molar-refractivity contribution in [2.45, 2.75) is 19.8 Å². The summed E-state index contributed by atoms with van der Waals surface area (Å²) in [5, 5.41) is 2.60. The summed E-state index contributed by atoms with van der Waals surface area (Å²) >= 11 is 0. The lowest BCUT2D eigenvalue weighted by molar-refractivity contribution is -0.147. The molecule has 0 unspecified atom stereocenters. The first-order valence-electron chi connectivity index (χ1n) is 10.9. The largest absolute Gasteiger partial charge is 0.494 e. The quantitative estimate of drug-likeness (QED) is 0.316. The molecule has 0 bridgehead atoms. The van der Waals surface area contributed by atoms with Crippen molar-refractivity contribution in [3.63, 3.8) is 0 Å². The molecule has 0 spiro atoms. The maximum absolute atomic E-state index is 12.8. The van der Waals surface area contributed by atoms with Crippen LogP contribution in [0.15, 0.2) is 66.7 Å². The van der Waals surface area contributed by atoms with E-state index in [9.17, 15) is 19.2 Å². The highest BCUT2D eigenvalue weighted by molar-refractivity contribution is 6.28. The molecule has 0 fully saturated rings. The molecule has 1 amide bonds. The number of benzene rings is 3. The van der Waals surface area contributed by atoms with Gasteiger partial charge in [0.1, 0.15) is 5.75 Å². The summed E-state index contributed by atoms with van der Waals surface area (Å²) in [4.78, 5) is 49.6. The molecule has 0 aromatic heterocycles. The molecule has 0 radical (unpaired) electrons. The van der Waals surface area contributed by atoms with Gasteiger partial charge < -0.3 is 14.8 Å². The number of esters is 1. The van der Waals surface area contributed by atoms with E-state index in [0.717, 1.165) is 11.3 Å². The molecule has 4 rings (SSSR count). The average Bonchev–Trinajstić information content (AvgIpc) is 2.84. The SMILES string of the molecule is Cc1cccc(OCCCC(=O)OCC(=O)Nc2ccc3c(c2)C(=O)c2ccccc2C3=O)c1. The number of amides is 1. The van der Waals surface area contributed by atoms with Crippen molar-refractivity contribution in [2.75, 3.05) is 18.5 Å². The van der Waals surface area contributed by atoms with Gasteiger partial charge in [0.25, 0.3) is 5.91 Å². The Kier molecular flexibility index (Phi) is 6.82. The van der Waals surface area contributed by atoms with Crippen molar-refractivity contribution in [1.82, 2.24) is 0 Å². The number of carbonyl (C=O) groups is 4. The fourth-order valence-electron chi connectivity index (χ4n) is 3.70. The second kappa shape index (κ2) is 10.1. The van der Waals surface area contributed by atoms with Crippen LogP contribution in [0.25, 0.3) is 0 Å². The van der Waals surface area contributed by atoms with Crippen LogP contribution in [0, 0.1) is 6.92 Å². The van der Waals surface area contributed by atoms with Crippen LogP contribution in [-0.4, -0.2) is 36.7 Å². The number of carbonyl (C=O) groups excluding carboxylic acids is 4. The van der Waals surface area contributed by atoms with E-state index in [2.05, 4.69) is 5.32 Å². The number of aryl methyl sites for hydroxylation is 1. The van der Waals surface area contributed by atoms with E-state index in [1.54, 1.807) is 30.3 Å². The number of hydrogen-bond acceptors (Lipinski definition) is 6. The molecule has 7 heteroatoms. The van der Waals surface area contributed by atoms with Gasteiger partial charge in [-0.25, -0.2) is 0 Å². The van der Waals surface area contributed by atoms with Crippen LogP contribution in [0.5, 0.6) is 5.75 Å². The number of fused-ring (bicyclic) bond motifs is 2. The van der Waals surface area contributed by atoms with Gasteiger partial charge in [-0.15, -0.1) is 0 Å². The molecule has 0 heterocycles. The number of rotatable bonds is 8. The molecule has 0 saturated heterocycles. The highest BCUT2D eigenvalue weighted by atomic mass is 16.5. The smallest absolute Gasteiger partial charge is 0.306 e. The van der Waals surface area contributed by atoms with Crippen LogP contribution in [-0.2, 0) is 14.3 Å². The van der Waals surface area contributed by atoms with Gasteiger partial charge in [0, 0.05) is 34.4 Å². The molecule has 3 aromatic carbocycles. The maximum atomic E-state index is 12.8. The Labute approximate surface area is 196 Å². The maximum Gasteiger partial charge on any atom is 0.306 e. The number of anilines is 1. The first-order chi connectivity index (χ1) is 16.4. The lowest BCUT2D eigenvalue weighted by Gasteiger charge is -2.18. The second-order valence-corrected chi connectivity index (χ2v) is 7.94. The average molecular weight is 457 g/mol. The Bertz CT molecular complexity index is 1280. The molecule has 1 aliphatic rings. The molecule has 0 saturated carbocycles. The first kappa shape index (κ1) is 22.9. The van der Waals surface area contributed by atoms with Gasteiger partial charge in [0.2, 0.25) is 0 Å². The van der Waals surface area contributed by atoms with Gasteiger partial charge in [-0.1, -0.05) is 36.4 Å². The first-order valence-corrected chi connectivity index (χ1v) is 10.9. The highest BCUT2D eigenvalue weighted by Gasteiger charge is 2.29. The van der Waals surface area contributed by atoms with Crippen LogP contribution >= 0.6 is 0 Å². The molecule has 34 heavy (non-hydrogen) atoms.